The van der Waals surface area contributed by atoms with Crippen LogP contribution in [0.2, 0.25) is 0 Å². The number of piperazine rings is 1. The Balaban J connectivity index is 1.15. The lowest BCUT2D eigenvalue weighted by atomic mass is 9.91. The van der Waals surface area contributed by atoms with Crippen LogP contribution in [0.25, 0.3) is 10.2 Å². The highest BCUT2D eigenvalue weighted by molar-refractivity contribution is 7.18. The summed E-state index contributed by atoms with van der Waals surface area (Å²) < 4.78 is 0. The number of nitrogens with zero attached hydrogens (tertiary/aromatic N) is 3. The molecule has 254 valence electrons. The van der Waals surface area contributed by atoms with Gasteiger partial charge in [-0.1, -0.05) is 60.7 Å². The molecule has 9 nitrogen and oxygen atoms in total. The Morgan fingerprint density at radius 3 is 2.58 bits per heavy atom. The largest absolute Gasteiger partial charge is 0.392 e. The van der Waals surface area contributed by atoms with Gasteiger partial charge in [0.05, 0.1) is 18.2 Å². The highest BCUT2D eigenvalue weighted by atomic mass is 32.1. The van der Waals surface area contributed by atoms with E-state index in [1.54, 1.807) is 11.3 Å². The maximum absolute atomic E-state index is 13.9. The summed E-state index contributed by atoms with van der Waals surface area (Å²) in [6.45, 7) is 8.82. The number of thiophene rings is 1. The first-order valence-electron chi connectivity index (χ1n) is 16.9. The number of aromatic nitrogens is 1. The summed E-state index contributed by atoms with van der Waals surface area (Å²) in [4.78, 5) is 38.6. The van der Waals surface area contributed by atoms with Crippen LogP contribution < -0.4 is 10.6 Å². The molecule has 2 aliphatic rings. The van der Waals surface area contributed by atoms with Crippen molar-refractivity contribution >= 4 is 33.4 Å². The van der Waals surface area contributed by atoms with Crippen molar-refractivity contribution in [3.05, 3.63) is 101 Å². The second kappa shape index (κ2) is 14.8. The molecule has 0 bridgehead atoms. The van der Waals surface area contributed by atoms with Crippen LogP contribution in [0.3, 0.4) is 0 Å². The molecule has 5 atom stereocenters. The number of pyridine rings is 1. The van der Waals surface area contributed by atoms with Gasteiger partial charge in [-0.3, -0.25) is 19.4 Å². The minimum atomic E-state index is -0.838. The zero-order chi connectivity index (χ0) is 33.8. The predicted octanol–water partition coefficient (Wildman–Crippen LogP) is 4.08. The number of nitrogens with one attached hydrogen (secondary N) is 2. The van der Waals surface area contributed by atoms with E-state index >= 15 is 0 Å². The Morgan fingerprint density at radius 1 is 1.04 bits per heavy atom. The number of benzene rings is 2. The predicted molar refractivity (Wildman–Crippen MR) is 189 cm³/mol. The van der Waals surface area contributed by atoms with E-state index in [2.05, 4.69) is 37.6 Å². The number of β-amino-alcohol motifs (C(OH)–C–C–N with tert-alkyl or cyclic N) is 1. The van der Waals surface area contributed by atoms with E-state index in [4.69, 9.17) is 0 Å². The zero-order valence-corrected chi connectivity index (χ0v) is 28.8. The van der Waals surface area contributed by atoms with Gasteiger partial charge < -0.3 is 20.8 Å². The molecule has 2 amide bonds. The normalized spacial score (nSPS) is 21.5. The number of hydrogen-bond donors (Lipinski definition) is 4. The molecule has 6 rings (SSSR count). The van der Waals surface area contributed by atoms with E-state index < -0.39 is 35.7 Å². The Hall–Kier alpha value is -3.67. The monoisotopic (exact) mass is 669 g/mol. The van der Waals surface area contributed by atoms with Crippen molar-refractivity contribution in [2.75, 3.05) is 26.2 Å². The van der Waals surface area contributed by atoms with Gasteiger partial charge in [-0.15, -0.1) is 11.3 Å². The van der Waals surface area contributed by atoms with Crippen molar-refractivity contribution < 1.29 is 19.8 Å². The number of aliphatic hydroxyl groups excluding tert-OH is 2. The first-order chi connectivity index (χ1) is 23.0. The second-order valence-electron chi connectivity index (χ2n) is 14.3. The smallest absolute Gasteiger partial charge is 0.239 e. The lowest BCUT2D eigenvalue weighted by Crippen LogP contribution is -2.61. The fourth-order valence-electron chi connectivity index (χ4n) is 7.04. The van der Waals surface area contributed by atoms with Gasteiger partial charge in [0, 0.05) is 67.1 Å². The average molecular weight is 670 g/mol. The standard InChI is InChI=1S/C38H47N5O4S/c1-38(2,3)41-36(47)32-24-42(23-30-20-27-13-9-15-39-37(27)48-30)16-17-43(32)22-29(44)19-28(18-25-10-5-4-6-11-25)35(46)40-34-31-14-8-7-12-26(31)21-33(34)45/h4-15,20,28-29,32-34,44-45H,16-19,21-24H2,1-3H3,(H,40,46)(H,41,47)/t28-,29+,32+,33-,34+/m1/s1. The van der Waals surface area contributed by atoms with Gasteiger partial charge in [-0.05, 0) is 62.4 Å². The highest BCUT2D eigenvalue weighted by Crippen LogP contribution is 2.32. The van der Waals surface area contributed by atoms with E-state index in [1.165, 1.54) is 4.88 Å². The molecule has 4 N–H and O–H groups in total. The van der Waals surface area contributed by atoms with E-state index in [-0.39, 0.29) is 24.8 Å². The summed E-state index contributed by atoms with van der Waals surface area (Å²) in [5, 5.41) is 29.8. The number of fused-ring (bicyclic) bond motifs is 2. The van der Waals surface area contributed by atoms with Gasteiger partial charge >= 0.3 is 0 Å². The molecule has 1 fully saturated rings. The molecule has 1 saturated heterocycles. The third-order valence-electron chi connectivity index (χ3n) is 9.30. The van der Waals surface area contributed by atoms with Crippen molar-refractivity contribution in [2.45, 2.75) is 76.4 Å². The minimum absolute atomic E-state index is 0.0649. The summed E-state index contributed by atoms with van der Waals surface area (Å²) in [7, 11) is 0. The highest BCUT2D eigenvalue weighted by Gasteiger charge is 2.37. The Kier molecular flexibility index (Phi) is 10.6. The van der Waals surface area contributed by atoms with Crippen molar-refractivity contribution in [3.63, 3.8) is 0 Å². The number of amides is 2. The Bertz CT molecular complexity index is 1670. The molecular weight excluding hydrogens is 623 g/mol. The summed E-state index contributed by atoms with van der Waals surface area (Å²) in [5.74, 6) is -0.778. The Morgan fingerprint density at radius 2 is 1.81 bits per heavy atom. The molecular formula is C38H47N5O4S. The van der Waals surface area contributed by atoms with E-state index in [0.717, 1.165) is 40.0 Å². The minimum Gasteiger partial charge on any atom is -0.392 e. The average Bonchev–Trinajstić information content (AvgIpc) is 3.60. The summed E-state index contributed by atoms with van der Waals surface area (Å²) in [5.41, 5.74) is 2.58. The third kappa shape index (κ3) is 8.48. The second-order valence-corrected chi connectivity index (χ2v) is 15.4. The Labute approximate surface area is 287 Å². The molecule has 0 spiro atoms. The molecule has 3 heterocycles. The first kappa shape index (κ1) is 34.2. The van der Waals surface area contributed by atoms with Crippen LogP contribution in [0.15, 0.2) is 79.0 Å². The van der Waals surface area contributed by atoms with Crippen molar-refractivity contribution in [1.29, 1.82) is 0 Å². The quantitative estimate of drug-likeness (QED) is 0.190. The topological polar surface area (TPSA) is 118 Å². The summed E-state index contributed by atoms with van der Waals surface area (Å²) >= 11 is 1.68. The van der Waals surface area contributed by atoms with E-state index in [0.29, 0.717) is 25.9 Å². The molecule has 1 aliphatic heterocycles. The maximum atomic E-state index is 13.9. The number of hydrogen-bond acceptors (Lipinski definition) is 8. The molecule has 4 aromatic rings. The fourth-order valence-corrected chi connectivity index (χ4v) is 8.08. The summed E-state index contributed by atoms with van der Waals surface area (Å²) in [6, 6.07) is 22.9. The zero-order valence-electron chi connectivity index (χ0n) is 28.0. The molecule has 0 unspecified atom stereocenters. The lowest BCUT2D eigenvalue weighted by molar-refractivity contribution is -0.132. The molecule has 0 saturated carbocycles. The third-order valence-corrected chi connectivity index (χ3v) is 10.3. The van der Waals surface area contributed by atoms with Crippen LogP contribution in [0.1, 0.15) is 54.8 Å². The molecule has 2 aromatic heterocycles. The van der Waals surface area contributed by atoms with Crippen LogP contribution in [-0.2, 0) is 29.0 Å². The number of carbonyl (C=O) groups excluding carboxylic acids is 2. The van der Waals surface area contributed by atoms with Crippen molar-refractivity contribution in [2.24, 2.45) is 5.92 Å². The molecule has 10 heteroatoms. The van der Waals surface area contributed by atoms with E-state index in [1.807, 2.05) is 87.6 Å². The lowest BCUT2D eigenvalue weighted by Gasteiger charge is -2.42. The van der Waals surface area contributed by atoms with Crippen LogP contribution in [0.4, 0.5) is 0 Å². The van der Waals surface area contributed by atoms with Gasteiger partial charge in [0.25, 0.3) is 0 Å². The van der Waals surface area contributed by atoms with Gasteiger partial charge in [0.15, 0.2) is 0 Å². The molecule has 48 heavy (non-hydrogen) atoms. The van der Waals surface area contributed by atoms with Crippen molar-refractivity contribution in [3.8, 4) is 0 Å². The van der Waals surface area contributed by atoms with Crippen LogP contribution in [0, 0.1) is 5.92 Å². The van der Waals surface area contributed by atoms with Crippen LogP contribution >= 0.6 is 11.3 Å². The number of carbonyl (C=O) groups is 2. The molecule has 2 aromatic carbocycles. The number of rotatable bonds is 11. The van der Waals surface area contributed by atoms with Crippen LogP contribution in [0.5, 0.6) is 0 Å². The first-order valence-corrected chi connectivity index (χ1v) is 17.7. The molecule has 0 radical (unpaired) electrons. The van der Waals surface area contributed by atoms with Gasteiger partial charge in [-0.25, -0.2) is 4.98 Å². The molecule has 1 aliphatic carbocycles. The van der Waals surface area contributed by atoms with Gasteiger partial charge in [-0.2, -0.15) is 0 Å². The van der Waals surface area contributed by atoms with Crippen molar-refractivity contribution in [1.82, 2.24) is 25.4 Å². The fraction of sp³-hybridized carbons (Fsp3) is 0.447. The van der Waals surface area contributed by atoms with Crippen LogP contribution in [-0.4, -0.2) is 86.8 Å². The van der Waals surface area contributed by atoms with Gasteiger partial charge in [0.2, 0.25) is 11.8 Å². The maximum Gasteiger partial charge on any atom is 0.239 e. The summed E-state index contributed by atoms with van der Waals surface area (Å²) in [6.07, 6.45) is 1.46. The van der Waals surface area contributed by atoms with E-state index in [9.17, 15) is 19.8 Å². The SMILES string of the molecule is CC(C)(C)NC(=O)[C@@H]1CN(Cc2cc3cccnc3s2)CCN1C[C@@H](O)C[C@@H](Cc1ccccc1)C(=O)N[C@H]1c2ccccc2C[C@H]1O. The number of aliphatic hydroxyl groups is 2. The van der Waals surface area contributed by atoms with Gasteiger partial charge in [0.1, 0.15) is 10.9 Å².